The molecule has 1 atom stereocenters. The van der Waals surface area contributed by atoms with E-state index in [0.29, 0.717) is 23.6 Å². The average molecular weight is 565 g/mol. The summed E-state index contributed by atoms with van der Waals surface area (Å²) in [6.45, 7) is 1.71. The number of amides is 1. The minimum Gasteiger partial charge on any atom is -0.369 e. The van der Waals surface area contributed by atoms with Crippen LogP contribution >= 0.6 is 12.4 Å². The topological polar surface area (TPSA) is 95.5 Å². The van der Waals surface area contributed by atoms with E-state index < -0.39 is 56.8 Å². The zero-order valence-electron chi connectivity index (χ0n) is 18.3. The fourth-order valence-electron chi connectivity index (χ4n) is 3.67. The fraction of sp³-hybridized carbons (Fsp3) is 0.381. The number of alkyl halides is 6. The summed E-state index contributed by atoms with van der Waals surface area (Å²) >= 11 is 0. The Morgan fingerprint density at radius 2 is 1.69 bits per heavy atom. The van der Waals surface area contributed by atoms with E-state index in [1.54, 1.807) is 0 Å². The highest BCUT2D eigenvalue weighted by Gasteiger charge is 2.71. The van der Waals surface area contributed by atoms with E-state index in [0.717, 1.165) is 0 Å². The molecular weight excluding hydrogens is 545 g/mol. The van der Waals surface area contributed by atoms with Gasteiger partial charge in [0, 0.05) is 12.1 Å². The minimum atomic E-state index is -6.19. The molecule has 6 nitrogen and oxygen atoms in total. The van der Waals surface area contributed by atoms with Crippen molar-refractivity contribution in [1.29, 1.82) is 0 Å². The predicted molar refractivity (Wildman–Crippen MR) is 117 cm³/mol. The quantitative estimate of drug-likeness (QED) is 0.474. The second kappa shape index (κ2) is 10.1. The zero-order chi connectivity index (χ0) is 26.4. The molecular formula is C21H20ClF7N2O4S. The molecule has 15 heteroatoms. The molecule has 1 heterocycles. The average Bonchev–Trinajstić information content (AvgIpc) is 2.77. The first-order chi connectivity index (χ1) is 16.0. The van der Waals surface area contributed by atoms with E-state index >= 15 is 0 Å². The molecule has 0 radical (unpaired) electrons. The number of fused-ring (bicyclic) bond motifs is 1. The molecule has 2 aromatic carbocycles. The van der Waals surface area contributed by atoms with Gasteiger partial charge in [-0.2, -0.15) is 26.3 Å². The molecule has 3 N–H and O–H groups in total. The molecule has 1 aliphatic heterocycles. The van der Waals surface area contributed by atoms with Crippen LogP contribution in [-0.4, -0.2) is 44.1 Å². The standard InChI is InChI=1S/C21H19F7N2O4S.ClH/c1-2-35(33,34)13-4-5-14-11(9-13)7-8-29-17(14)18(31)30-16-6-3-12(10-15(16)22)19(32,20(23,24)25)21(26,27)28;/h3-6,9-10,17,29,32H,2,7-8H2,1H3,(H,30,31);1H. The monoisotopic (exact) mass is 564 g/mol. The van der Waals surface area contributed by atoms with Crippen LogP contribution in [0.3, 0.4) is 0 Å². The Hall–Kier alpha value is -2.42. The largest absolute Gasteiger partial charge is 0.430 e. The van der Waals surface area contributed by atoms with Gasteiger partial charge >= 0.3 is 12.4 Å². The first-order valence-corrected chi connectivity index (χ1v) is 11.7. The van der Waals surface area contributed by atoms with Crippen molar-refractivity contribution < 1.29 is 49.1 Å². The Bertz CT molecular complexity index is 1240. The van der Waals surface area contributed by atoms with Crippen molar-refractivity contribution in [2.45, 2.75) is 42.2 Å². The van der Waals surface area contributed by atoms with Gasteiger partial charge in [0.15, 0.2) is 9.84 Å². The van der Waals surface area contributed by atoms with E-state index in [1.165, 1.54) is 25.1 Å². The third-order valence-electron chi connectivity index (χ3n) is 5.63. The summed E-state index contributed by atoms with van der Waals surface area (Å²) in [6.07, 6.45) is -12.0. The molecule has 0 saturated carbocycles. The Morgan fingerprint density at radius 1 is 1.08 bits per heavy atom. The molecule has 1 amide bonds. The van der Waals surface area contributed by atoms with Gasteiger partial charge in [-0.25, -0.2) is 12.8 Å². The van der Waals surface area contributed by atoms with Crippen molar-refractivity contribution in [3.63, 3.8) is 0 Å². The van der Waals surface area contributed by atoms with Gasteiger partial charge in [-0.05, 0) is 41.8 Å². The van der Waals surface area contributed by atoms with E-state index in [4.69, 9.17) is 0 Å². The lowest BCUT2D eigenvalue weighted by Crippen LogP contribution is -2.54. The molecule has 1 unspecified atom stereocenters. The number of carbonyl (C=O) groups excluding carboxylic acids is 1. The van der Waals surface area contributed by atoms with Crippen molar-refractivity contribution >= 4 is 33.8 Å². The summed E-state index contributed by atoms with van der Waals surface area (Å²) < 4.78 is 117. The molecule has 200 valence electrons. The molecule has 0 aliphatic carbocycles. The second-order valence-corrected chi connectivity index (χ2v) is 10.1. The molecule has 3 rings (SSSR count). The van der Waals surface area contributed by atoms with Crippen LogP contribution in [0.4, 0.5) is 36.4 Å². The van der Waals surface area contributed by atoms with Crippen LogP contribution < -0.4 is 10.6 Å². The Kier molecular flexibility index (Phi) is 8.40. The minimum absolute atomic E-state index is 0. The maximum atomic E-state index is 14.5. The van der Waals surface area contributed by atoms with Gasteiger partial charge in [-0.1, -0.05) is 19.1 Å². The third kappa shape index (κ3) is 5.31. The first kappa shape index (κ1) is 29.8. The molecule has 36 heavy (non-hydrogen) atoms. The summed E-state index contributed by atoms with van der Waals surface area (Å²) in [6, 6.07) is 3.56. The summed E-state index contributed by atoms with van der Waals surface area (Å²) in [5.41, 5.74) is -6.92. The van der Waals surface area contributed by atoms with E-state index in [-0.39, 0.29) is 41.7 Å². The highest BCUT2D eigenvalue weighted by molar-refractivity contribution is 7.91. The Labute approximate surface area is 207 Å². The SMILES string of the molecule is CCS(=O)(=O)c1ccc2c(c1)CCNC2C(=O)Nc1ccc(C(O)(C(F)(F)F)C(F)(F)F)cc1F.Cl. The van der Waals surface area contributed by atoms with Crippen molar-refractivity contribution in [3.05, 3.63) is 58.9 Å². The number of halogens is 8. The molecule has 0 saturated heterocycles. The number of benzene rings is 2. The van der Waals surface area contributed by atoms with Crippen LogP contribution in [-0.2, 0) is 26.7 Å². The third-order valence-corrected chi connectivity index (χ3v) is 7.37. The molecule has 0 spiro atoms. The number of hydrogen-bond acceptors (Lipinski definition) is 5. The molecule has 0 fully saturated rings. The highest BCUT2D eigenvalue weighted by Crippen LogP contribution is 2.50. The number of carbonyl (C=O) groups is 1. The lowest BCUT2D eigenvalue weighted by molar-refractivity contribution is -0.376. The van der Waals surface area contributed by atoms with Crippen LogP contribution in [0.25, 0.3) is 0 Å². The van der Waals surface area contributed by atoms with Gasteiger partial charge in [0.25, 0.3) is 5.60 Å². The number of aliphatic hydroxyl groups is 1. The molecule has 0 aromatic heterocycles. The van der Waals surface area contributed by atoms with Gasteiger partial charge in [0.05, 0.1) is 16.3 Å². The van der Waals surface area contributed by atoms with Crippen LogP contribution in [0, 0.1) is 5.82 Å². The molecule has 0 bridgehead atoms. The van der Waals surface area contributed by atoms with Crippen LogP contribution in [0.5, 0.6) is 0 Å². The highest BCUT2D eigenvalue weighted by atomic mass is 35.5. The first-order valence-electron chi connectivity index (χ1n) is 10.1. The van der Waals surface area contributed by atoms with Crippen molar-refractivity contribution in [2.75, 3.05) is 17.6 Å². The number of sulfone groups is 1. The van der Waals surface area contributed by atoms with E-state index in [9.17, 15) is 49.1 Å². The lowest BCUT2D eigenvalue weighted by atomic mass is 9.91. The van der Waals surface area contributed by atoms with Crippen LogP contribution in [0.15, 0.2) is 41.3 Å². The van der Waals surface area contributed by atoms with E-state index in [1.807, 2.05) is 0 Å². The fourth-order valence-corrected chi connectivity index (χ4v) is 4.60. The van der Waals surface area contributed by atoms with Gasteiger partial charge in [0.2, 0.25) is 5.91 Å². The van der Waals surface area contributed by atoms with Crippen LogP contribution in [0.1, 0.15) is 29.7 Å². The molecule has 1 aliphatic rings. The van der Waals surface area contributed by atoms with Gasteiger partial charge in [0.1, 0.15) is 11.9 Å². The van der Waals surface area contributed by atoms with E-state index in [2.05, 4.69) is 10.6 Å². The smallest absolute Gasteiger partial charge is 0.369 e. The molecule has 2 aromatic rings. The van der Waals surface area contributed by atoms with Crippen LogP contribution in [0.2, 0.25) is 0 Å². The van der Waals surface area contributed by atoms with Crippen molar-refractivity contribution in [2.24, 2.45) is 0 Å². The lowest BCUT2D eigenvalue weighted by Gasteiger charge is -2.32. The van der Waals surface area contributed by atoms with Crippen molar-refractivity contribution in [1.82, 2.24) is 5.32 Å². The Morgan fingerprint density at radius 3 is 2.22 bits per heavy atom. The van der Waals surface area contributed by atoms with Crippen molar-refractivity contribution in [3.8, 4) is 0 Å². The predicted octanol–water partition coefficient (Wildman–Crippen LogP) is 4.18. The maximum absolute atomic E-state index is 14.5. The summed E-state index contributed by atoms with van der Waals surface area (Å²) in [7, 11) is -3.51. The summed E-state index contributed by atoms with van der Waals surface area (Å²) in [5, 5.41) is 14.3. The van der Waals surface area contributed by atoms with Gasteiger partial charge in [-0.15, -0.1) is 12.4 Å². The summed E-state index contributed by atoms with van der Waals surface area (Å²) in [4.78, 5) is 12.8. The second-order valence-electron chi connectivity index (χ2n) is 7.79. The number of anilines is 1. The number of rotatable bonds is 5. The normalized spacial score (nSPS) is 16.6. The number of hydrogen-bond donors (Lipinski definition) is 3. The zero-order valence-corrected chi connectivity index (χ0v) is 19.9. The summed E-state index contributed by atoms with van der Waals surface area (Å²) in [5.74, 6) is -2.66. The Balaban J connectivity index is 0.00000456. The number of nitrogens with one attached hydrogen (secondary N) is 2. The maximum Gasteiger partial charge on any atom is 0.430 e. The van der Waals surface area contributed by atoms with Gasteiger partial charge < -0.3 is 15.7 Å². The van der Waals surface area contributed by atoms with Gasteiger partial charge in [-0.3, -0.25) is 4.79 Å².